The fourth-order valence-corrected chi connectivity index (χ4v) is 6.22. The van der Waals surface area contributed by atoms with Crippen molar-refractivity contribution in [2.24, 2.45) is 0 Å². The van der Waals surface area contributed by atoms with Gasteiger partial charge < -0.3 is 14.9 Å². The second kappa shape index (κ2) is 17.9. The van der Waals surface area contributed by atoms with E-state index >= 15 is 0 Å². The summed E-state index contributed by atoms with van der Waals surface area (Å²) in [5.74, 6) is -0.737. The van der Waals surface area contributed by atoms with Gasteiger partial charge in [0.15, 0.2) is 0 Å². The molecule has 0 aromatic rings. The summed E-state index contributed by atoms with van der Waals surface area (Å²) < 4.78 is 5.73. The zero-order chi connectivity index (χ0) is 26.2. The van der Waals surface area contributed by atoms with Crippen LogP contribution in [-0.2, 0) is 9.53 Å². The molecule has 0 saturated carbocycles. The minimum atomic E-state index is -1.10. The minimum absolute atomic E-state index is 0.0194. The molecule has 2 N–H and O–H groups in total. The molecule has 3 atom stereocenters. The maximum Gasteiger partial charge on any atom is 0.304 e. The molecule has 0 aromatic heterocycles. The normalized spacial score (nSPS) is 15.5. The van der Waals surface area contributed by atoms with E-state index in [1.165, 1.54) is 57.4 Å². The van der Waals surface area contributed by atoms with Crippen molar-refractivity contribution < 1.29 is 19.7 Å². The van der Waals surface area contributed by atoms with E-state index in [0.717, 1.165) is 19.4 Å². The molecule has 0 spiro atoms. The number of carboxylic acids is 1. The van der Waals surface area contributed by atoms with Crippen molar-refractivity contribution in [3.05, 3.63) is 0 Å². The molecule has 0 radical (unpaired) electrons. The highest BCUT2D eigenvalue weighted by Gasteiger charge is 2.33. The van der Waals surface area contributed by atoms with E-state index in [1.54, 1.807) is 6.92 Å². The van der Waals surface area contributed by atoms with Crippen molar-refractivity contribution in [3.8, 4) is 0 Å². The number of nitrogens with zero attached hydrogens (tertiary/aromatic N) is 1. The van der Waals surface area contributed by atoms with E-state index in [2.05, 4.69) is 45.7 Å². The Labute approximate surface area is 213 Å². The number of carboxylic acid groups (broad SMARTS) is 1. The third-order valence-electron chi connectivity index (χ3n) is 7.79. The quantitative estimate of drug-likeness (QED) is 0.127. The van der Waals surface area contributed by atoms with E-state index in [0.29, 0.717) is 18.2 Å². The van der Waals surface area contributed by atoms with Crippen LogP contribution in [-0.4, -0.2) is 67.1 Å². The fraction of sp³-hybridized carbons (Fsp3) is 0.964. The van der Waals surface area contributed by atoms with Crippen LogP contribution in [0.2, 0.25) is 24.2 Å². The molecule has 0 saturated heterocycles. The number of aliphatic hydroxyl groups excluding tert-OH is 1. The number of aliphatic hydroxyl groups is 1. The fourth-order valence-electron chi connectivity index (χ4n) is 4.34. The Hall–Kier alpha value is -0.433. The van der Waals surface area contributed by atoms with Crippen molar-refractivity contribution >= 4 is 14.0 Å². The van der Waals surface area contributed by atoms with Gasteiger partial charge in [-0.25, -0.2) is 0 Å². The zero-order valence-electron chi connectivity index (χ0n) is 24.0. The number of unbranched alkanes of at least 4 members (excludes halogenated alkanes) is 8. The van der Waals surface area contributed by atoms with Crippen LogP contribution in [0.3, 0.4) is 0 Å². The summed E-state index contributed by atoms with van der Waals surface area (Å²) in [5, 5.41) is 19.3. The molecule has 5 nitrogen and oxygen atoms in total. The van der Waals surface area contributed by atoms with Crippen LogP contribution in [0.4, 0.5) is 0 Å². The van der Waals surface area contributed by atoms with E-state index in [1.807, 2.05) is 6.92 Å². The lowest BCUT2D eigenvalue weighted by Crippen LogP contribution is -2.42. The predicted octanol–water partition coefficient (Wildman–Crippen LogP) is 7.35. The molecule has 0 fully saturated rings. The third kappa shape index (κ3) is 16.3. The zero-order valence-corrected chi connectivity index (χ0v) is 25.0. The summed E-state index contributed by atoms with van der Waals surface area (Å²) in [7, 11) is -1.10. The molecule has 0 amide bonds. The Morgan fingerprint density at radius 2 is 1.44 bits per heavy atom. The lowest BCUT2D eigenvalue weighted by Gasteiger charge is -2.37. The standard InChI is InChI=1S/C28H59NO4Si/c1-9-26(21-27(31)32)29(22-25(3)33-23-24(2)30)19-17-15-13-11-10-12-14-16-18-20-34(7,8)28(4,5)6/h24-26,30H,9-23H2,1-8H3,(H,31,32). The molecule has 0 heterocycles. The Morgan fingerprint density at radius 1 is 0.941 bits per heavy atom. The number of ether oxygens (including phenoxy) is 1. The number of aliphatic carboxylic acids is 1. The third-order valence-corrected chi connectivity index (χ3v) is 13.5. The average molecular weight is 502 g/mol. The smallest absolute Gasteiger partial charge is 0.304 e. The monoisotopic (exact) mass is 501 g/mol. The predicted molar refractivity (Wildman–Crippen MR) is 149 cm³/mol. The summed E-state index contributed by atoms with van der Waals surface area (Å²) in [6.07, 6.45) is 12.2. The van der Waals surface area contributed by atoms with E-state index in [-0.39, 0.29) is 18.6 Å². The van der Waals surface area contributed by atoms with Crippen LogP contribution in [0.1, 0.15) is 112 Å². The molecular weight excluding hydrogens is 442 g/mol. The highest BCUT2D eigenvalue weighted by atomic mass is 28.3. The Kier molecular flexibility index (Phi) is 17.7. The summed E-state index contributed by atoms with van der Waals surface area (Å²) in [6.45, 7) is 20.1. The summed E-state index contributed by atoms with van der Waals surface area (Å²) in [4.78, 5) is 13.6. The number of carbonyl (C=O) groups is 1. The van der Waals surface area contributed by atoms with Gasteiger partial charge in [-0.05, 0) is 38.3 Å². The molecule has 204 valence electrons. The molecule has 3 unspecified atom stereocenters. The molecule has 0 aliphatic rings. The van der Waals surface area contributed by atoms with Gasteiger partial charge in [-0.2, -0.15) is 0 Å². The lowest BCUT2D eigenvalue weighted by molar-refractivity contribution is -0.138. The van der Waals surface area contributed by atoms with Crippen LogP contribution >= 0.6 is 0 Å². The molecule has 0 aliphatic carbocycles. The van der Waals surface area contributed by atoms with Crippen molar-refractivity contribution in [1.29, 1.82) is 0 Å². The average Bonchev–Trinajstić information content (AvgIpc) is 2.72. The van der Waals surface area contributed by atoms with Gasteiger partial charge in [0, 0.05) is 12.6 Å². The first-order valence-corrected chi connectivity index (χ1v) is 17.3. The van der Waals surface area contributed by atoms with Crippen LogP contribution < -0.4 is 0 Å². The Bertz CT molecular complexity index is 519. The minimum Gasteiger partial charge on any atom is -0.481 e. The Morgan fingerprint density at radius 3 is 1.88 bits per heavy atom. The van der Waals surface area contributed by atoms with Gasteiger partial charge >= 0.3 is 5.97 Å². The second-order valence-corrected chi connectivity index (χ2v) is 18.0. The molecule has 0 bridgehead atoms. The molecule has 34 heavy (non-hydrogen) atoms. The number of hydrogen-bond acceptors (Lipinski definition) is 4. The molecule has 0 rings (SSSR count). The lowest BCUT2D eigenvalue weighted by atomic mass is 10.1. The van der Waals surface area contributed by atoms with Gasteiger partial charge in [0.2, 0.25) is 0 Å². The van der Waals surface area contributed by atoms with Crippen molar-refractivity contribution in [3.63, 3.8) is 0 Å². The van der Waals surface area contributed by atoms with Crippen molar-refractivity contribution in [2.75, 3.05) is 19.7 Å². The summed E-state index contributed by atoms with van der Waals surface area (Å²) >= 11 is 0. The van der Waals surface area contributed by atoms with Crippen LogP contribution in [0.15, 0.2) is 0 Å². The largest absolute Gasteiger partial charge is 0.481 e. The van der Waals surface area contributed by atoms with Gasteiger partial charge in [-0.15, -0.1) is 0 Å². The molecule has 6 heteroatoms. The van der Waals surface area contributed by atoms with Gasteiger partial charge in [-0.3, -0.25) is 9.69 Å². The highest BCUT2D eigenvalue weighted by Crippen LogP contribution is 2.39. The van der Waals surface area contributed by atoms with E-state index in [4.69, 9.17) is 4.74 Å². The van der Waals surface area contributed by atoms with Crippen LogP contribution in [0, 0.1) is 0 Å². The SMILES string of the molecule is CCC(CC(=O)O)N(CCCCCCCCCCC[Si](C)(C)C(C)(C)C)CC(C)OCC(C)O. The first kappa shape index (κ1) is 33.6. The maximum absolute atomic E-state index is 11.3. The number of rotatable bonds is 21. The summed E-state index contributed by atoms with van der Waals surface area (Å²) in [5.41, 5.74) is 0. The first-order valence-electron chi connectivity index (χ1n) is 14.1. The van der Waals surface area contributed by atoms with Gasteiger partial charge in [0.25, 0.3) is 0 Å². The first-order chi connectivity index (χ1) is 15.8. The van der Waals surface area contributed by atoms with Crippen LogP contribution in [0.5, 0.6) is 0 Å². The molecular formula is C28H59NO4Si. The van der Waals surface area contributed by atoms with Crippen LogP contribution in [0.25, 0.3) is 0 Å². The number of hydrogen-bond donors (Lipinski definition) is 2. The van der Waals surface area contributed by atoms with E-state index in [9.17, 15) is 15.0 Å². The molecule has 0 aromatic carbocycles. The Balaban J connectivity index is 4.13. The van der Waals surface area contributed by atoms with Gasteiger partial charge in [-0.1, -0.05) is 98.2 Å². The highest BCUT2D eigenvalue weighted by molar-refractivity contribution is 6.80. The topological polar surface area (TPSA) is 70.0 Å². The van der Waals surface area contributed by atoms with Crippen molar-refractivity contribution in [1.82, 2.24) is 4.90 Å². The molecule has 0 aliphatic heterocycles. The van der Waals surface area contributed by atoms with E-state index < -0.39 is 20.1 Å². The van der Waals surface area contributed by atoms with Gasteiger partial charge in [0.05, 0.1) is 33.3 Å². The second-order valence-electron chi connectivity index (χ2n) is 12.2. The summed E-state index contributed by atoms with van der Waals surface area (Å²) in [6, 6.07) is 1.50. The van der Waals surface area contributed by atoms with Crippen molar-refractivity contribution in [2.45, 2.75) is 155 Å². The van der Waals surface area contributed by atoms with Gasteiger partial charge in [0.1, 0.15) is 0 Å². The maximum atomic E-state index is 11.3.